The highest BCUT2D eigenvalue weighted by molar-refractivity contribution is 5.87. The Kier molecular flexibility index (Phi) is 3.79. The largest absolute Gasteiger partial charge is 0.390 e. The van der Waals surface area contributed by atoms with Crippen molar-refractivity contribution in [3.63, 3.8) is 0 Å². The van der Waals surface area contributed by atoms with Crippen LogP contribution in [0.25, 0.3) is 10.9 Å². The number of benzene rings is 1. The summed E-state index contributed by atoms with van der Waals surface area (Å²) >= 11 is 0. The average Bonchev–Trinajstić information content (AvgIpc) is 2.95. The second kappa shape index (κ2) is 5.94. The molecule has 1 aromatic carbocycles. The number of nitrogens with zero attached hydrogens (tertiary/aromatic N) is 3. The quantitative estimate of drug-likeness (QED) is 0.878. The van der Waals surface area contributed by atoms with Crippen LogP contribution in [0, 0.1) is 0 Å². The first-order chi connectivity index (χ1) is 11.2. The van der Waals surface area contributed by atoms with E-state index in [1.165, 1.54) is 0 Å². The Hall–Kier alpha value is -1.92. The lowest BCUT2D eigenvalue weighted by Gasteiger charge is -2.45. The van der Waals surface area contributed by atoms with Crippen LogP contribution in [0.1, 0.15) is 18.5 Å². The number of fused-ring (bicyclic) bond motifs is 1. The third kappa shape index (κ3) is 2.84. The van der Waals surface area contributed by atoms with Gasteiger partial charge in [0.1, 0.15) is 0 Å². The fourth-order valence-electron chi connectivity index (χ4n) is 3.68. The van der Waals surface area contributed by atoms with E-state index in [9.17, 15) is 9.90 Å². The Balaban J connectivity index is 1.35. The molecule has 6 nitrogen and oxygen atoms in total. The molecule has 122 valence electrons. The molecule has 6 heteroatoms. The van der Waals surface area contributed by atoms with E-state index in [4.69, 9.17) is 0 Å². The second-order valence-electron chi connectivity index (χ2n) is 6.62. The van der Waals surface area contributed by atoms with Gasteiger partial charge in [-0.3, -0.25) is 14.8 Å². The van der Waals surface area contributed by atoms with Crippen molar-refractivity contribution in [1.82, 2.24) is 20.0 Å². The molecule has 2 aliphatic heterocycles. The van der Waals surface area contributed by atoms with Crippen molar-refractivity contribution in [2.24, 2.45) is 0 Å². The normalized spacial score (nSPS) is 20.8. The molecule has 2 N–H and O–H groups in total. The lowest BCUT2D eigenvalue weighted by atomic mass is 9.98. The van der Waals surface area contributed by atoms with E-state index in [-0.39, 0.29) is 12.0 Å². The fraction of sp³-hybridized carbons (Fsp3) is 0.529. The first-order valence-corrected chi connectivity index (χ1v) is 8.32. The Morgan fingerprint density at radius 2 is 2.00 bits per heavy atom. The topological polar surface area (TPSA) is 72.5 Å². The summed E-state index contributed by atoms with van der Waals surface area (Å²) in [7, 11) is 0. The number of carbonyl (C=O) groups excluding carboxylic acids is 1. The van der Waals surface area contributed by atoms with Gasteiger partial charge in [-0.1, -0.05) is 18.2 Å². The molecule has 0 atom stereocenters. The van der Waals surface area contributed by atoms with Crippen LogP contribution < -0.4 is 0 Å². The third-order valence-electron chi connectivity index (χ3n) is 5.09. The molecule has 0 unspecified atom stereocenters. The molecule has 0 aliphatic carbocycles. The smallest absolute Gasteiger partial charge is 0.228 e. The second-order valence-corrected chi connectivity index (χ2v) is 6.62. The number of para-hydroxylation sites is 1. The zero-order valence-corrected chi connectivity index (χ0v) is 13.1. The number of aliphatic hydroxyl groups is 1. The molecule has 2 saturated heterocycles. The van der Waals surface area contributed by atoms with Gasteiger partial charge in [0.15, 0.2) is 0 Å². The molecule has 4 rings (SSSR count). The van der Waals surface area contributed by atoms with Crippen molar-refractivity contribution in [3.05, 3.63) is 30.0 Å². The highest BCUT2D eigenvalue weighted by Gasteiger charge is 2.33. The highest BCUT2D eigenvalue weighted by Crippen LogP contribution is 2.23. The number of nitrogens with one attached hydrogen (secondary N) is 1. The van der Waals surface area contributed by atoms with E-state index >= 15 is 0 Å². The maximum Gasteiger partial charge on any atom is 0.228 e. The maximum atomic E-state index is 12.5. The van der Waals surface area contributed by atoms with Gasteiger partial charge in [-0.2, -0.15) is 5.10 Å². The number of amides is 1. The van der Waals surface area contributed by atoms with Gasteiger partial charge >= 0.3 is 0 Å². The van der Waals surface area contributed by atoms with Crippen LogP contribution >= 0.6 is 0 Å². The first-order valence-electron chi connectivity index (χ1n) is 8.32. The summed E-state index contributed by atoms with van der Waals surface area (Å²) in [6.07, 6.45) is 2.24. The van der Waals surface area contributed by atoms with Gasteiger partial charge in [-0.25, -0.2) is 0 Å². The Labute approximate surface area is 135 Å². The van der Waals surface area contributed by atoms with Crippen LogP contribution in [0.3, 0.4) is 0 Å². The van der Waals surface area contributed by atoms with Crippen molar-refractivity contribution in [3.8, 4) is 0 Å². The zero-order valence-electron chi connectivity index (χ0n) is 13.1. The van der Waals surface area contributed by atoms with E-state index in [1.54, 1.807) is 0 Å². The van der Waals surface area contributed by atoms with E-state index in [1.807, 2.05) is 29.2 Å². The van der Waals surface area contributed by atoms with Gasteiger partial charge in [0.05, 0.1) is 23.7 Å². The third-order valence-corrected chi connectivity index (χ3v) is 5.09. The van der Waals surface area contributed by atoms with Crippen LogP contribution in [-0.4, -0.2) is 69.3 Å². The monoisotopic (exact) mass is 314 g/mol. The van der Waals surface area contributed by atoms with Crippen LogP contribution in [0.15, 0.2) is 24.3 Å². The molecule has 0 spiro atoms. The van der Waals surface area contributed by atoms with E-state index < -0.39 is 0 Å². The molecule has 1 aromatic heterocycles. The van der Waals surface area contributed by atoms with Crippen molar-refractivity contribution < 1.29 is 9.90 Å². The van der Waals surface area contributed by atoms with Gasteiger partial charge in [0, 0.05) is 37.6 Å². The van der Waals surface area contributed by atoms with Gasteiger partial charge in [0.25, 0.3) is 0 Å². The average molecular weight is 314 g/mol. The molecular weight excluding hydrogens is 292 g/mol. The van der Waals surface area contributed by atoms with Gasteiger partial charge < -0.3 is 10.0 Å². The number of likely N-dealkylation sites (tertiary alicyclic amines) is 2. The number of piperidine rings is 1. The minimum Gasteiger partial charge on any atom is -0.390 e. The number of aromatic nitrogens is 2. The van der Waals surface area contributed by atoms with Crippen LogP contribution in [0.5, 0.6) is 0 Å². The summed E-state index contributed by atoms with van der Waals surface area (Å²) in [5, 5.41) is 17.7. The summed E-state index contributed by atoms with van der Waals surface area (Å²) in [6, 6.07) is 8.40. The van der Waals surface area contributed by atoms with Crippen molar-refractivity contribution in [2.75, 3.05) is 26.2 Å². The summed E-state index contributed by atoms with van der Waals surface area (Å²) in [5.41, 5.74) is 1.81. The van der Waals surface area contributed by atoms with Gasteiger partial charge in [0.2, 0.25) is 5.91 Å². The zero-order chi connectivity index (χ0) is 15.8. The molecule has 0 bridgehead atoms. The van der Waals surface area contributed by atoms with Crippen molar-refractivity contribution in [1.29, 1.82) is 0 Å². The number of hydrogen-bond donors (Lipinski definition) is 2. The maximum absolute atomic E-state index is 12.5. The summed E-state index contributed by atoms with van der Waals surface area (Å²) in [4.78, 5) is 16.8. The minimum atomic E-state index is -0.150. The number of hydrogen-bond acceptors (Lipinski definition) is 4. The standard InChI is InChI=1S/C17H22N4O2/c22-13-10-21(11-13)12-5-7-20(8-6-12)17(23)9-16-14-3-1-2-4-15(14)18-19-16/h1-4,12-13,22H,5-11H2,(H,18,19). The van der Waals surface area contributed by atoms with E-state index in [2.05, 4.69) is 15.1 Å². The molecule has 3 heterocycles. The molecule has 2 fully saturated rings. The predicted octanol–water partition coefficient (Wildman–Crippen LogP) is 0.773. The van der Waals surface area contributed by atoms with Crippen molar-refractivity contribution in [2.45, 2.75) is 31.4 Å². The lowest BCUT2D eigenvalue weighted by Crippen LogP contribution is -2.58. The number of rotatable bonds is 3. The van der Waals surface area contributed by atoms with Crippen LogP contribution in [0.2, 0.25) is 0 Å². The number of carbonyl (C=O) groups is 1. The summed E-state index contributed by atoms with van der Waals surface area (Å²) in [6.45, 7) is 3.20. The molecular formula is C17H22N4O2. The SMILES string of the molecule is O=C(Cc1[nH]nc2ccccc12)N1CCC(N2CC(O)C2)CC1. The minimum absolute atomic E-state index is 0.150. The van der Waals surface area contributed by atoms with Crippen LogP contribution in [0.4, 0.5) is 0 Å². The number of aliphatic hydroxyl groups excluding tert-OH is 1. The van der Waals surface area contributed by atoms with E-state index in [0.29, 0.717) is 12.5 Å². The molecule has 0 radical (unpaired) electrons. The van der Waals surface area contributed by atoms with E-state index in [0.717, 1.165) is 55.6 Å². The van der Waals surface area contributed by atoms with Crippen LogP contribution in [-0.2, 0) is 11.2 Å². The fourth-order valence-corrected chi connectivity index (χ4v) is 3.68. The Morgan fingerprint density at radius 3 is 2.74 bits per heavy atom. The summed E-state index contributed by atoms with van der Waals surface area (Å²) in [5.74, 6) is 0.168. The number of H-pyrrole nitrogens is 1. The van der Waals surface area contributed by atoms with Gasteiger partial charge in [-0.05, 0) is 18.9 Å². The lowest BCUT2D eigenvalue weighted by molar-refractivity contribution is -0.133. The molecule has 1 amide bonds. The molecule has 23 heavy (non-hydrogen) atoms. The van der Waals surface area contributed by atoms with Crippen molar-refractivity contribution >= 4 is 16.8 Å². The molecule has 0 saturated carbocycles. The Bertz CT molecular complexity index is 699. The molecule has 2 aromatic rings. The highest BCUT2D eigenvalue weighted by atomic mass is 16.3. The van der Waals surface area contributed by atoms with Gasteiger partial charge in [-0.15, -0.1) is 0 Å². The summed E-state index contributed by atoms with van der Waals surface area (Å²) < 4.78 is 0. The Morgan fingerprint density at radius 1 is 1.26 bits per heavy atom. The first kappa shape index (κ1) is 14.7. The number of aromatic amines is 1. The molecule has 2 aliphatic rings. The number of β-amino-alcohol motifs (C(OH)–C–C–N with tert-alkyl or cyclic N) is 1. The predicted molar refractivity (Wildman–Crippen MR) is 87.0 cm³/mol.